The van der Waals surface area contributed by atoms with E-state index < -0.39 is 29.1 Å². The molecule has 2 amide bonds. The van der Waals surface area contributed by atoms with Crippen LogP contribution in [0.25, 0.3) is 16.8 Å². The summed E-state index contributed by atoms with van der Waals surface area (Å²) in [6.07, 6.45) is -1.46. The number of carbonyl (C=O) groups excluding carboxylic acids is 2. The molecule has 4 heterocycles. The zero-order valence-corrected chi connectivity index (χ0v) is 19.0. The number of fused-ring (bicyclic) bond motifs is 1. The van der Waals surface area contributed by atoms with Gasteiger partial charge in [-0.3, -0.25) is 14.9 Å². The van der Waals surface area contributed by atoms with Crippen LogP contribution in [0.3, 0.4) is 0 Å². The number of alkyl halides is 3. The molecule has 36 heavy (non-hydrogen) atoms. The highest BCUT2D eigenvalue weighted by atomic mass is 19.4. The zero-order valence-electron chi connectivity index (χ0n) is 19.0. The highest BCUT2D eigenvalue weighted by Gasteiger charge is 2.36. The fourth-order valence-corrected chi connectivity index (χ4v) is 3.34. The molecular weight excluding hydrogens is 485 g/mol. The number of amides is 2. The third-order valence-corrected chi connectivity index (χ3v) is 4.85. The van der Waals surface area contributed by atoms with Crippen LogP contribution in [0.4, 0.5) is 25.0 Å². The molecule has 0 atom stereocenters. The molecule has 0 spiro atoms. The van der Waals surface area contributed by atoms with Gasteiger partial charge in [0.25, 0.3) is 11.8 Å². The maximum absolute atomic E-state index is 13.7. The Kier molecular flexibility index (Phi) is 6.22. The quantitative estimate of drug-likeness (QED) is 0.358. The van der Waals surface area contributed by atoms with E-state index >= 15 is 0 Å². The predicted octanol–water partition coefficient (Wildman–Crippen LogP) is 2.78. The molecule has 0 aromatic carbocycles. The summed E-state index contributed by atoms with van der Waals surface area (Å²) in [6, 6.07) is 1.67. The summed E-state index contributed by atoms with van der Waals surface area (Å²) < 4.78 is 52.2. The van der Waals surface area contributed by atoms with E-state index in [4.69, 9.17) is 14.9 Å². The second kappa shape index (κ2) is 9.16. The van der Waals surface area contributed by atoms with Gasteiger partial charge in [-0.05, 0) is 26.0 Å². The number of rotatable bonds is 6. The number of carbonyl (C=O) groups is 2. The van der Waals surface area contributed by atoms with Crippen LogP contribution in [0.5, 0.6) is 5.88 Å². The van der Waals surface area contributed by atoms with Crippen LogP contribution in [0.15, 0.2) is 35.3 Å². The van der Waals surface area contributed by atoms with Gasteiger partial charge in [-0.25, -0.2) is 14.5 Å². The fourth-order valence-electron chi connectivity index (χ4n) is 3.34. The van der Waals surface area contributed by atoms with Crippen molar-refractivity contribution in [2.24, 2.45) is 0 Å². The Labute approximate surface area is 200 Å². The molecule has 4 rings (SSSR count). The Bertz CT molecular complexity index is 1460. The minimum absolute atomic E-state index is 0.0422. The largest absolute Gasteiger partial charge is 0.480 e. The van der Waals surface area contributed by atoms with Gasteiger partial charge in [0.15, 0.2) is 11.5 Å². The Morgan fingerprint density at radius 2 is 1.94 bits per heavy atom. The highest BCUT2D eigenvalue weighted by molar-refractivity contribution is 6.05. The van der Waals surface area contributed by atoms with Crippen molar-refractivity contribution in [3.8, 4) is 17.1 Å². The van der Waals surface area contributed by atoms with Crippen molar-refractivity contribution in [1.29, 1.82) is 0 Å². The van der Waals surface area contributed by atoms with Crippen molar-refractivity contribution < 1.29 is 31.9 Å². The van der Waals surface area contributed by atoms with Crippen molar-refractivity contribution in [1.82, 2.24) is 29.9 Å². The Hall–Kier alpha value is -4.69. The van der Waals surface area contributed by atoms with Crippen LogP contribution in [-0.4, -0.2) is 49.5 Å². The normalized spacial score (nSPS) is 11.6. The number of ether oxygens (including phenoxy) is 1. The molecule has 15 heteroatoms. The van der Waals surface area contributed by atoms with Gasteiger partial charge in [-0.15, -0.1) is 0 Å². The number of methoxy groups -OCH3 is 1. The van der Waals surface area contributed by atoms with E-state index in [1.807, 2.05) is 0 Å². The number of oxazole rings is 1. The number of hydrogen-bond acceptors (Lipinski definition) is 9. The minimum atomic E-state index is -4.74. The van der Waals surface area contributed by atoms with Gasteiger partial charge in [0.05, 0.1) is 18.4 Å². The first-order chi connectivity index (χ1) is 17.0. The third-order valence-electron chi connectivity index (χ3n) is 4.85. The third kappa shape index (κ3) is 4.62. The molecule has 0 fully saturated rings. The summed E-state index contributed by atoms with van der Waals surface area (Å²) in [7, 11) is 1.26. The topological polar surface area (TPSA) is 163 Å². The molecule has 188 valence electrons. The molecule has 0 saturated heterocycles. The molecule has 4 aromatic rings. The summed E-state index contributed by atoms with van der Waals surface area (Å²) >= 11 is 0. The standard InChI is InChI=1S/C21H19F3N8O4/c1-9(2)29-18(34)13-7-36-20(30-13)31-17(33)11-4-10(6-26-19(11)35-3)14-5-12(21(22,23)24)15-16(25)27-8-28-32(14)15/h4-9H,1-3H3,(H,29,34)(H2,25,27,28)(H,30,31,33). The van der Waals surface area contributed by atoms with Crippen molar-refractivity contribution in [2.75, 3.05) is 18.2 Å². The number of halogens is 3. The van der Waals surface area contributed by atoms with E-state index in [-0.39, 0.29) is 46.3 Å². The van der Waals surface area contributed by atoms with Gasteiger partial charge in [0.1, 0.15) is 23.7 Å². The zero-order chi connectivity index (χ0) is 26.2. The molecule has 4 aromatic heterocycles. The molecule has 0 saturated carbocycles. The fraction of sp³-hybridized carbons (Fsp3) is 0.238. The molecular formula is C21H19F3N8O4. The summed E-state index contributed by atoms with van der Waals surface area (Å²) in [5.74, 6) is -1.79. The lowest BCUT2D eigenvalue weighted by Gasteiger charge is -2.09. The van der Waals surface area contributed by atoms with Crippen LogP contribution < -0.4 is 21.1 Å². The lowest BCUT2D eigenvalue weighted by molar-refractivity contribution is -0.136. The van der Waals surface area contributed by atoms with Gasteiger partial charge in [-0.1, -0.05) is 0 Å². The number of nitrogens with one attached hydrogen (secondary N) is 2. The lowest BCUT2D eigenvalue weighted by atomic mass is 10.1. The van der Waals surface area contributed by atoms with Crippen molar-refractivity contribution in [3.63, 3.8) is 0 Å². The van der Waals surface area contributed by atoms with E-state index in [1.54, 1.807) is 13.8 Å². The molecule has 0 unspecified atom stereocenters. The van der Waals surface area contributed by atoms with Crippen LogP contribution in [0.1, 0.15) is 40.3 Å². The second-order valence-corrected chi connectivity index (χ2v) is 7.75. The van der Waals surface area contributed by atoms with Gasteiger partial charge >= 0.3 is 12.2 Å². The number of nitrogens with zero attached hydrogens (tertiary/aromatic N) is 5. The van der Waals surface area contributed by atoms with Crippen molar-refractivity contribution >= 4 is 29.2 Å². The van der Waals surface area contributed by atoms with Gasteiger partial charge < -0.3 is 20.2 Å². The SMILES string of the molecule is COc1ncc(-c2cc(C(F)(F)F)c3c(N)ncnn23)cc1C(=O)Nc1nc(C(=O)NC(C)C)co1. The average molecular weight is 504 g/mol. The maximum Gasteiger partial charge on any atom is 0.418 e. The first kappa shape index (κ1) is 24.4. The number of anilines is 2. The Morgan fingerprint density at radius 1 is 1.19 bits per heavy atom. The second-order valence-electron chi connectivity index (χ2n) is 7.75. The highest BCUT2D eigenvalue weighted by Crippen LogP contribution is 2.39. The number of nitrogen functional groups attached to an aromatic ring is 1. The van der Waals surface area contributed by atoms with E-state index in [1.165, 1.54) is 19.4 Å². The molecule has 0 bridgehead atoms. The Balaban J connectivity index is 1.72. The van der Waals surface area contributed by atoms with Gasteiger partial charge in [0, 0.05) is 17.8 Å². The molecule has 0 aliphatic carbocycles. The molecule has 12 nitrogen and oxygen atoms in total. The minimum Gasteiger partial charge on any atom is -0.480 e. The summed E-state index contributed by atoms with van der Waals surface area (Å²) in [6.45, 7) is 3.53. The number of hydrogen-bond donors (Lipinski definition) is 3. The first-order valence-corrected chi connectivity index (χ1v) is 10.3. The Morgan fingerprint density at radius 3 is 2.61 bits per heavy atom. The molecule has 4 N–H and O–H groups in total. The summed E-state index contributed by atoms with van der Waals surface area (Å²) in [4.78, 5) is 36.6. The van der Waals surface area contributed by atoms with Gasteiger partial charge in [0.2, 0.25) is 5.88 Å². The van der Waals surface area contributed by atoms with Crippen LogP contribution >= 0.6 is 0 Å². The van der Waals surface area contributed by atoms with Crippen molar-refractivity contribution in [2.45, 2.75) is 26.1 Å². The predicted molar refractivity (Wildman–Crippen MR) is 119 cm³/mol. The smallest absolute Gasteiger partial charge is 0.418 e. The van der Waals surface area contributed by atoms with E-state index in [2.05, 4.69) is 30.7 Å². The number of aromatic nitrogens is 5. The van der Waals surface area contributed by atoms with E-state index in [9.17, 15) is 22.8 Å². The van der Waals surface area contributed by atoms with Crippen molar-refractivity contribution in [3.05, 3.63) is 47.7 Å². The average Bonchev–Trinajstić information content (AvgIpc) is 3.44. The van der Waals surface area contributed by atoms with E-state index in [0.717, 1.165) is 23.2 Å². The number of nitrogens with two attached hydrogens (primary N) is 1. The number of pyridine rings is 1. The van der Waals surface area contributed by atoms with Gasteiger partial charge in [-0.2, -0.15) is 23.3 Å². The summed E-state index contributed by atoms with van der Waals surface area (Å²) in [5.41, 5.74) is 4.06. The molecule has 0 aliphatic rings. The van der Waals surface area contributed by atoms with E-state index in [0.29, 0.717) is 0 Å². The maximum atomic E-state index is 13.7. The summed E-state index contributed by atoms with van der Waals surface area (Å²) in [5, 5.41) is 8.87. The van der Waals surface area contributed by atoms with Crippen LogP contribution in [-0.2, 0) is 6.18 Å². The molecule has 0 radical (unpaired) electrons. The van der Waals surface area contributed by atoms with Crippen LogP contribution in [0, 0.1) is 0 Å². The lowest BCUT2D eigenvalue weighted by Crippen LogP contribution is -2.30. The first-order valence-electron chi connectivity index (χ1n) is 10.3. The van der Waals surface area contributed by atoms with Crippen LogP contribution in [0.2, 0.25) is 0 Å². The monoisotopic (exact) mass is 504 g/mol. The molecule has 0 aliphatic heterocycles.